The smallest absolute Gasteiger partial charge is 0.330 e. The molecule has 0 bridgehead atoms. The number of carbonyl (C=O) groups is 1. The van der Waals surface area contributed by atoms with Crippen LogP contribution in [0.3, 0.4) is 0 Å². The van der Waals surface area contributed by atoms with Crippen molar-refractivity contribution < 1.29 is 18.7 Å². The van der Waals surface area contributed by atoms with E-state index < -0.39 is 35.4 Å². The maximum atomic E-state index is 13.2. The number of esters is 1. The van der Waals surface area contributed by atoms with Crippen molar-refractivity contribution in [3.8, 4) is 0 Å². The highest BCUT2D eigenvalue weighted by molar-refractivity contribution is 5.65. The summed E-state index contributed by atoms with van der Waals surface area (Å²) in [5.74, 6) is -1.54. The fourth-order valence-corrected chi connectivity index (χ4v) is 1.88. The van der Waals surface area contributed by atoms with Crippen molar-refractivity contribution in [2.45, 2.75) is 25.7 Å². The third-order valence-corrected chi connectivity index (χ3v) is 2.89. The van der Waals surface area contributed by atoms with Crippen LogP contribution >= 0.6 is 0 Å². The van der Waals surface area contributed by atoms with Gasteiger partial charge in [-0.1, -0.05) is 6.58 Å². The molecular formula is C12H13FN2O5. The molecule has 1 saturated heterocycles. The van der Waals surface area contributed by atoms with Crippen LogP contribution in [0.25, 0.3) is 0 Å². The van der Waals surface area contributed by atoms with Crippen LogP contribution in [-0.2, 0) is 14.3 Å². The van der Waals surface area contributed by atoms with E-state index in [0.717, 1.165) is 10.8 Å². The molecule has 0 amide bonds. The third kappa shape index (κ3) is 2.85. The quantitative estimate of drug-likeness (QED) is 0.627. The minimum Gasteiger partial charge on any atom is -0.463 e. The van der Waals surface area contributed by atoms with E-state index in [-0.39, 0.29) is 13.0 Å². The first kappa shape index (κ1) is 14.2. The SMILES string of the molecule is C=C1C[C@@H](n2cc(F)c(=O)[nH]c2=O)O[C@H]1COC(C)=O. The summed E-state index contributed by atoms with van der Waals surface area (Å²) in [6.07, 6.45) is -0.308. The molecule has 20 heavy (non-hydrogen) atoms. The lowest BCUT2D eigenvalue weighted by atomic mass is 10.1. The average molecular weight is 284 g/mol. The first-order valence-electron chi connectivity index (χ1n) is 5.86. The summed E-state index contributed by atoms with van der Waals surface area (Å²) in [4.78, 5) is 35.1. The molecule has 7 nitrogen and oxygen atoms in total. The zero-order valence-corrected chi connectivity index (χ0v) is 10.7. The number of ether oxygens (including phenoxy) is 2. The lowest BCUT2D eigenvalue weighted by Crippen LogP contribution is -2.34. The first-order valence-corrected chi connectivity index (χ1v) is 5.86. The molecule has 0 saturated carbocycles. The van der Waals surface area contributed by atoms with Crippen LogP contribution in [0.4, 0.5) is 4.39 Å². The van der Waals surface area contributed by atoms with E-state index >= 15 is 0 Å². The van der Waals surface area contributed by atoms with E-state index in [1.54, 1.807) is 0 Å². The van der Waals surface area contributed by atoms with Crippen LogP contribution in [0.5, 0.6) is 0 Å². The summed E-state index contributed by atoms with van der Waals surface area (Å²) in [6, 6.07) is 0. The number of carbonyl (C=O) groups excluding carboxylic acids is 1. The Labute approximate surface area is 112 Å². The molecule has 8 heteroatoms. The molecule has 1 fully saturated rings. The van der Waals surface area contributed by atoms with E-state index in [1.165, 1.54) is 6.92 Å². The lowest BCUT2D eigenvalue weighted by molar-refractivity contribution is -0.145. The fourth-order valence-electron chi connectivity index (χ4n) is 1.88. The van der Waals surface area contributed by atoms with Gasteiger partial charge in [0.1, 0.15) is 18.9 Å². The summed E-state index contributed by atoms with van der Waals surface area (Å²) >= 11 is 0. The van der Waals surface area contributed by atoms with Crippen LogP contribution in [0, 0.1) is 5.82 Å². The highest BCUT2D eigenvalue weighted by atomic mass is 19.1. The number of rotatable bonds is 3. The van der Waals surface area contributed by atoms with E-state index in [1.807, 2.05) is 4.98 Å². The molecule has 1 aliphatic rings. The van der Waals surface area contributed by atoms with Gasteiger partial charge in [0, 0.05) is 13.3 Å². The van der Waals surface area contributed by atoms with Crippen molar-refractivity contribution in [3.63, 3.8) is 0 Å². The molecule has 0 aromatic carbocycles. The third-order valence-electron chi connectivity index (χ3n) is 2.89. The van der Waals surface area contributed by atoms with Gasteiger partial charge in [-0.05, 0) is 5.57 Å². The Morgan fingerprint density at radius 3 is 3.00 bits per heavy atom. The second-order valence-corrected chi connectivity index (χ2v) is 4.39. The van der Waals surface area contributed by atoms with Gasteiger partial charge >= 0.3 is 11.7 Å². The Morgan fingerprint density at radius 1 is 1.65 bits per heavy atom. The van der Waals surface area contributed by atoms with Gasteiger partial charge in [-0.3, -0.25) is 19.1 Å². The maximum absolute atomic E-state index is 13.2. The fraction of sp³-hybridized carbons (Fsp3) is 0.417. The molecule has 108 valence electrons. The van der Waals surface area contributed by atoms with Crippen LogP contribution in [0.15, 0.2) is 27.9 Å². The molecule has 2 heterocycles. The molecule has 0 unspecified atom stereocenters. The minimum absolute atomic E-state index is 0.0226. The molecule has 2 atom stereocenters. The summed E-state index contributed by atoms with van der Waals surface area (Å²) in [5, 5.41) is 0. The van der Waals surface area contributed by atoms with Crippen molar-refractivity contribution in [2.75, 3.05) is 6.61 Å². The van der Waals surface area contributed by atoms with Crippen molar-refractivity contribution >= 4 is 5.97 Å². The second kappa shape index (κ2) is 5.41. The van der Waals surface area contributed by atoms with Gasteiger partial charge in [0.2, 0.25) is 5.82 Å². The van der Waals surface area contributed by atoms with Gasteiger partial charge in [0.15, 0.2) is 0 Å². The maximum Gasteiger partial charge on any atom is 0.330 e. The van der Waals surface area contributed by atoms with Crippen LogP contribution in [-0.4, -0.2) is 28.2 Å². The summed E-state index contributed by atoms with van der Waals surface area (Å²) < 4.78 is 24.4. The number of hydrogen-bond donors (Lipinski definition) is 1. The number of aromatic nitrogens is 2. The molecule has 0 radical (unpaired) electrons. The highest BCUT2D eigenvalue weighted by Crippen LogP contribution is 2.30. The normalized spacial score (nSPS) is 22.0. The standard InChI is InChI=1S/C12H13FN2O5/c1-6-3-10(20-9(6)5-19-7(2)16)15-4-8(13)11(17)14-12(15)18/h4,9-10H,1,3,5H2,2H3,(H,14,17,18)/t9-,10-/m0/s1. The molecular weight excluding hydrogens is 271 g/mol. The number of hydrogen-bond acceptors (Lipinski definition) is 5. The predicted molar refractivity (Wildman–Crippen MR) is 65.6 cm³/mol. The average Bonchev–Trinajstić information content (AvgIpc) is 2.72. The van der Waals surface area contributed by atoms with Crippen LogP contribution < -0.4 is 11.2 Å². The van der Waals surface area contributed by atoms with Gasteiger partial charge < -0.3 is 9.47 Å². The van der Waals surface area contributed by atoms with Gasteiger partial charge in [-0.2, -0.15) is 4.39 Å². The number of halogens is 1. The Bertz CT molecular complexity index is 663. The Balaban J connectivity index is 2.18. The van der Waals surface area contributed by atoms with E-state index in [4.69, 9.17) is 9.47 Å². The molecule has 1 aromatic rings. The predicted octanol–water partition coefficient (Wildman–Crippen LogP) is 0.0825. The number of nitrogens with one attached hydrogen (secondary N) is 1. The van der Waals surface area contributed by atoms with Crippen LogP contribution in [0.1, 0.15) is 19.6 Å². The number of aromatic amines is 1. The Kier molecular flexibility index (Phi) is 3.84. The van der Waals surface area contributed by atoms with Crippen molar-refractivity contribution in [1.82, 2.24) is 9.55 Å². The number of H-pyrrole nitrogens is 1. The van der Waals surface area contributed by atoms with Crippen molar-refractivity contribution in [2.24, 2.45) is 0 Å². The van der Waals surface area contributed by atoms with Crippen molar-refractivity contribution in [3.05, 3.63) is 45.0 Å². The monoisotopic (exact) mass is 284 g/mol. The largest absolute Gasteiger partial charge is 0.463 e. The van der Waals surface area contributed by atoms with E-state index in [9.17, 15) is 18.8 Å². The molecule has 0 aliphatic carbocycles. The Morgan fingerprint density at radius 2 is 2.35 bits per heavy atom. The summed E-state index contributed by atoms with van der Waals surface area (Å²) in [5.41, 5.74) is -1.24. The van der Waals surface area contributed by atoms with Gasteiger partial charge in [-0.25, -0.2) is 4.79 Å². The minimum atomic E-state index is -1.08. The zero-order valence-electron chi connectivity index (χ0n) is 10.7. The molecule has 1 aliphatic heterocycles. The second-order valence-electron chi connectivity index (χ2n) is 4.39. The van der Waals surface area contributed by atoms with Gasteiger partial charge in [0.05, 0.1) is 6.20 Å². The first-order chi connectivity index (χ1) is 9.38. The highest BCUT2D eigenvalue weighted by Gasteiger charge is 2.31. The van der Waals surface area contributed by atoms with Gasteiger partial charge in [0.25, 0.3) is 5.56 Å². The van der Waals surface area contributed by atoms with E-state index in [2.05, 4.69) is 6.58 Å². The molecule has 1 aromatic heterocycles. The molecule has 2 rings (SSSR count). The molecule has 0 spiro atoms. The summed E-state index contributed by atoms with van der Waals surface area (Å²) in [7, 11) is 0. The lowest BCUT2D eigenvalue weighted by Gasteiger charge is -2.15. The van der Waals surface area contributed by atoms with Gasteiger partial charge in [-0.15, -0.1) is 0 Å². The zero-order chi connectivity index (χ0) is 14.9. The van der Waals surface area contributed by atoms with E-state index in [0.29, 0.717) is 5.57 Å². The number of nitrogens with zero attached hydrogens (tertiary/aromatic N) is 1. The van der Waals surface area contributed by atoms with Crippen LogP contribution in [0.2, 0.25) is 0 Å². The Hall–Kier alpha value is -2.22. The topological polar surface area (TPSA) is 90.4 Å². The summed E-state index contributed by atoms with van der Waals surface area (Å²) in [6.45, 7) is 5.00. The molecule has 1 N–H and O–H groups in total. The van der Waals surface area contributed by atoms with Crippen molar-refractivity contribution in [1.29, 1.82) is 0 Å².